The molecule has 0 spiro atoms. The molecule has 1 fully saturated rings. The number of nitrogens with two attached hydrogens (primary N) is 1. The van der Waals surface area contributed by atoms with Crippen molar-refractivity contribution in [2.45, 2.75) is 52.1 Å². The Morgan fingerprint density at radius 1 is 1.56 bits per heavy atom. The van der Waals surface area contributed by atoms with Crippen LogP contribution in [0.2, 0.25) is 0 Å². The summed E-state index contributed by atoms with van der Waals surface area (Å²) in [4.78, 5) is 11.8. The monoisotopic (exact) mass is 250 g/mol. The minimum absolute atomic E-state index is 0.0165. The molecule has 3 N–H and O–H groups in total. The number of rotatable bonds is 3. The van der Waals surface area contributed by atoms with Gasteiger partial charge in [-0.2, -0.15) is 5.10 Å². The van der Waals surface area contributed by atoms with Crippen molar-refractivity contribution in [3.63, 3.8) is 0 Å². The highest BCUT2D eigenvalue weighted by atomic mass is 16.2. The van der Waals surface area contributed by atoms with Gasteiger partial charge in [0.25, 0.3) is 0 Å². The lowest BCUT2D eigenvalue weighted by Crippen LogP contribution is -2.40. The van der Waals surface area contributed by atoms with Gasteiger partial charge in [0.05, 0.1) is 11.9 Å². The molecule has 0 saturated heterocycles. The van der Waals surface area contributed by atoms with Crippen LogP contribution in [0.3, 0.4) is 0 Å². The van der Waals surface area contributed by atoms with Gasteiger partial charge in [-0.15, -0.1) is 0 Å². The molecule has 1 aliphatic rings. The van der Waals surface area contributed by atoms with Crippen LogP contribution in [-0.4, -0.2) is 21.7 Å². The molecule has 5 heteroatoms. The zero-order valence-corrected chi connectivity index (χ0v) is 11.1. The second-order valence-corrected chi connectivity index (χ2v) is 5.98. The standard InChI is InChI=1S/C13H22N4O/c1-13(2)5-3-11(4-6-13)16-12(18)9-17-8-10(14)7-15-17/h7-8,11H,3-6,9,14H2,1-2H3,(H,16,18). The third-order valence-corrected chi connectivity index (χ3v) is 3.66. The van der Waals surface area contributed by atoms with E-state index in [-0.39, 0.29) is 12.5 Å². The highest BCUT2D eigenvalue weighted by molar-refractivity contribution is 5.76. The number of nitrogens with zero attached hydrogens (tertiary/aromatic N) is 2. The molecule has 1 aromatic rings. The van der Waals surface area contributed by atoms with Gasteiger partial charge in [0.2, 0.25) is 5.91 Å². The van der Waals surface area contributed by atoms with E-state index in [9.17, 15) is 4.79 Å². The van der Waals surface area contributed by atoms with Crippen LogP contribution >= 0.6 is 0 Å². The molecule has 1 amide bonds. The van der Waals surface area contributed by atoms with Gasteiger partial charge >= 0.3 is 0 Å². The normalized spacial score (nSPS) is 19.7. The Balaban J connectivity index is 1.78. The Morgan fingerprint density at radius 2 is 2.22 bits per heavy atom. The first-order chi connectivity index (χ1) is 8.44. The summed E-state index contributed by atoms with van der Waals surface area (Å²) >= 11 is 0. The maximum absolute atomic E-state index is 11.8. The molecule has 0 unspecified atom stereocenters. The van der Waals surface area contributed by atoms with Crippen LogP contribution in [0.25, 0.3) is 0 Å². The number of nitrogen functional groups attached to an aromatic ring is 1. The van der Waals surface area contributed by atoms with E-state index >= 15 is 0 Å². The highest BCUT2D eigenvalue weighted by Crippen LogP contribution is 2.34. The molecule has 1 aromatic heterocycles. The van der Waals surface area contributed by atoms with Crippen molar-refractivity contribution in [2.75, 3.05) is 5.73 Å². The van der Waals surface area contributed by atoms with Crippen LogP contribution in [0.1, 0.15) is 39.5 Å². The van der Waals surface area contributed by atoms with Crippen molar-refractivity contribution in [2.24, 2.45) is 5.41 Å². The van der Waals surface area contributed by atoms with E-state index in [4.69, 9.17) is 5.73 Å². The van der Waals surface area contributed by atoms with Gasteiger partial charge in [0, 0.05) is 12.2 Å². The number of nitrogens with one attached hydrogen (secondary N) is 1. The zero-order chi connectivity index (χ0) is 13.2. The first-order valence-electron chi connectivity index (χ1n) is 6.52. The van der Waals surface area contributed by atoms with Gasteiger partial charge in [0.1, 0.15) is 6.54 Å². The van der Waals surface area contributed by atoms with E-state index in [2.05, 4.69) is 24.3 Å². The van der Waals surface area contributed by atoms with E-state index in [0.717, 1.165) is 12.8 Å². The Kier molecular flexibility index (Phi) is 3.59. The molecule has 0 aromatic carbocycles. The van der Waals surface area contributed by atoms with Crippen molar-refractivity contribution in [1.82, 2.24) is 15.1 Å². The maximum atomic E-state index is 11.8. The van der Waals surface area contributed by atoms with Gasteiger partial charge in [-0.25, -0.2) is 0 Å². The van der Waals surface area contributed by atoms with Crippen molar-refractivity contribution in [1.29, 1.82) is 0 Å². The minimum Gasteiger partial charge on any atom is -0.396 e. The summed E-state index contributed by atoms with van der Waals surface area (Å²) in [5.74, 6) is 0.0165. The Hall–Kier alpha value is -1.52. The van der Waals surface area contributed by atoms with Crippen molar-refractivity contribution in [3.05, 3.63) is 12.4 Å². The van der Waals surface area contributed by atoms with Crippen LogP contribution in [-0.2, 0) is 11.3 Å². The molecule has 0 atom stereocenters. The van der Waals surface area contributed by atoms with Gasteiger partial charge in [0.15, 0.2) is 0 Å². The van der Waals surface area contributed by atoms with E-state index in [0.29, 0.717) is 17.1 Å². The summed E-state index contributed by atoms with van der Waals surface area (Å²) in [6.45, 7) is 4.83. The first-order valence-corrected chi connectivity index (χ1v) is 6.52. The van der Waals surface area contributed by atoms with Crippen LogP contribution in [0.15, 0.2) is 12.4 Å². The summed E-state index contributed by atoms with van der Waals surface area (Å²) in [5.41, 5.74) is 6.57. The van der Waals surface area contributed by atoms with E-state index in [1.807, 2.05) is 0 Å². The van der Waals surface area contributed by atoms with Gasteiger partial charge < -0.3 is 11.1 Å². The van der Waals surface area contributed by atoms with Gasteiger partial charge in [-0.3, -0.25) is 9.48 Å². The number of amides is 1. The first kappa shape index (κ1) is 12.9. The van der Waals surface area contributed by atoms with Crippen molar-refractivity contribution >= 4 is 11.6 Å². The number of carbonyl (C=O) groups is 1. The molecule has 18 heavy (non-hydrogen) atoms. The Bertz CT molecular complexity index is 414. The summed E-state index contributed by atoms with van der Waals surface area (Å²) in [6.07, 6.45) is 7.71. The number of anilines is 1. The lowest BCUT2D eigenvalue weighted by molar-refractivity contribution is -0.122. The fraction of sp³-hybridized carbons (Fsp3) is 0.692. The third kappa shape index (κ3) is 3.48. The maximum Gasteiger partial charge on any atom is 0.241 e. The number of carbonyl (C=O) groups excluding carboxylic acids is 1. The Labute approximate surface area is 108 Å². The molecule has 1 heterocycles. The number of aromatic nitrogens is 2. The average molecular weight is 250 g/mol. The van der Waals surface area contributed by atoms with Crippen LogP contribution in [0.4, 0.5) is 5.69 Å². The summed E-state index contributed by atoms with van der Waals surface area (Å²) in [7, 11) is 0. The van der Waals surface area contributed by atoms with E-state index in [1.54, 1.807) is 17.1 Å². The summed E-state index contributed by atoms with van der Waals surface area (Å²) in [6, 6.07) is 0.318. The van der Waals surface area contributed by atoms with Crippen molar-refractivity contribution in [3.8, 4) is 0 Å². The number of hydrogen-bond donors (Lipinski definition) is 2. The predicted molar refractivity (Wildman–Crippen MR) is 70.8 cm³/mol. The van der Waals surface area contributed by atoms with E-state index in [1.165, 1.54) is 12.8 Å². The summed E-state index contributed by atoms with van der Waals surface area (Å²) < 4.78 is 1.57. The third-order valence-electron chi connectivity index (χ3n) is 3.66. The SMILES string of the molecule is CC1(C)CCC(NC(=O)Cn2cc(N)cn2)CC1. The van der Waals surface area contributed by atoms with Crippen LogP contribution in [0, 0.1) is 5.41 Å². The molecule has 1 aliphatic carbocycles. The molecular formula is C13H22N4O. The molecule has 2 rings (SSSR count). The molecule has 0 aliphatic heterocycles. The van der Waals surface area contributed by atoms with Gasteiger partial charge in [-0.05, 0) is 31.1 Å². The minimum atomic E-state index is 0.0165. The van der Waals surface area contributed by atoms with Crippen LogP contribution in [0.5, 0.6) is 0 Å². The lowest BCUT2D eigenvalue weighted by atomic mass is 9.75. The smallest absolute Gasteiger partial charge is 0.241 e. The second kappa shape index (κ2) is 5.00. The fourth-order valence-corrected chi connectivity index (χ4v) is 2.43. The molecule has 100 valence electrons. The molecule has 5 nitrogen and oxygen atoms in total. The van der Waals surface area contributed by atoms with Crippen molar-refractivity contribution < 1.29 is 4.79 Å². The highest BCUT2D eigenvalue weighted by Gasteiger charge is 2.27. The zero-order valence-electron chi connectivity index (χ0n) is 11.1. The summed E-state index contributed by atoms with van der Waals surface area (Å²) in [5, 5.41) is 7.08. The van der Waals surface area contributed by atoms with Gasteiger partial charge in [-0.1, -0.05) is 13.8 Å². The molecule has 1 saturated carbocycles. The number of hydrogen-bond acceptors (Lipinski definition) is 3. The average Bonchev–Trinajstić information content (AvgIpc) is 2.67. The molecular weight excluding hydrogens is 228 g/mol. The second-order valence-electron chi connectivity index (χ2n) is 5.98. The van der Waals surface area contributed by atoms with E-state index < -0.39 is 0 Å². The fourth-order valence-electron chi connectivity index (χ4n) is 2.43. The Morgan fingerprint density at radius 3 is 2.78 bits per heavy atom. The van der Waals surface area contributed by atoms with Crippen LogP contribution < -0.4 is 11.1 Å². The molecule has 0 bridgehead atoms. The largest absolute Gasteiger partial charge is 0.396 e. The quantitative estimate of drug-likeness (QED) is 0.855. The molecule has 0 radical (unpaired) electrons. The predicted octanol–water partition coefficient (Wildman–Crippen LogP) is 1.55. The lowest BCUT2D eigenvalue weighted by Gasteiger charge is -2.34. The topological polar surface area (TPSA) is 72.9 Å².